The predicted molar refractivity (Wildman–Crippen MR) is 111 cm³/mol. The zero-order valence-electron chi connectivity index (χ0n) is 15.7. The van der Waals surface area contributed by atoms with Gasteiger partial charge in [0.25, 0.3) is 0 Å². The fourth-order valence-corrected chi connectivity index (χ4v) is 4.34. The van der Waals surface area contributed by atoms with Crippen molar-refractivity contribution in [1.29, 1.82) is 0 Å². The summed E-state index contributed by atoms with van der Waals surface area (Å²) in [6.07, 6.45) is 3.23. The van der Waals surface area contributed by atoms with Crippen LogP contribution in [-0.2, 0) is 6.42 Å². The topological polar surface area (TPSA) is 34.0 Å². The monoisotopic (exact) mass is 356 g/mol. The van der Waals surface area contributed by atoms with Gasteiger partial charge in [0.05, 0.1) is 16.6 Å². The van der Waals surface area contributed by atoms with Crippen LogP contribution >= 0.6 is 0 Å². The van der Waals surface area contributed by atoms with Gasteiger partial charge in [-0.2, -0.15) is 0 Å². The maximum Gasteiger partial charge on any atom is 0.129 e. The van der Waals surface area contributed by atoms with Gasteiger partial charge in [0.15, 0.2) is 0 Å². The van der Waals surface area contributed by atoms with E-state index in [1.807, 2.05) is 0 Å². The molecule has 1 aliphatic heterocycles. The van der Waals surface area contributed by atoms with E-state index in [4.69, 9.17) is 9.97 Å². The molecule has 0 aliphatic carbocycles. The van der Waals surface area contributed by atoms with Crippen LogP contribution in [0.4, 0.5) is 5.82 Å². The summed E-state index contributed by atoms with van der Waals surface area (Å²) in [6, 6.07) is 21.7. The summed E-state index contributed by atoms with van der Waals surface area (Å²) in [7, 11) is 0. The average molecular weight is 356 g/mol. The molecule has 0 amide bonds. The van der Waals surface area contributed by atoms with Gasteiger partial charge < -0.3 is 9.47 Å². The highest BCUT2D eigenvalue weighted by atomic mass is 15.2. The lowest BCUT2D eigenvalue weighted by Gasteiger charge is -2.34. The van der Waals surface area contributed by atoms with Crippen molar-refractivity contribution in [3.8, 4) is 0 Å². The maximum atomic E-state index is 4.88. The number of imidazole rings is 1. The molecule has 3 heterocycles. The Morgan fingerprint density at radius 1 is 0.852 bits per heavy atom. The SMILES string of the molecule is CCc1nc2ccccc2n1C1CCN(c2ccc3ccccc3n2)CC1. The summed E-state index contributed by atoms with van der Waals surface area (Å²) in [6.45, 7) is 4.27. The van der Waals surface area contributed by atoms with Gasteiger partial charge >= 0.3 is 0 Å². The van der Waals surface area contributed by atoms with Crippen LogP contribution in [-0.4, -0.2) is 27.6 Å². The van der Waals surface area contributed by atoms with Crippen molar-refractivity contribution in [1.82, 2.24) is 14.5 Å². The Balaban J connectivity index is 1.40. The molecule has 0 atom stereocenters. The Kier molecular flexibility index (Phi) is 4.04. The predicted octanol–water partition coefficient (Wildman–Crippen LogP) is 4.99. The third kappa shape index (κ3) is 2.85. The summed E-state index contributed by atoms with van der Waals surface area (Å²) in [5, 5.41) is 1.20. The molecule has 0 bridgehead atoms. The minimum Gasteiger partial charge on any atom is -0.356 e. The molecule has 5 rings (SSSR count). The van der Waals surface area contributed by atoms with Crippen LogP contribution in [0.1, 0.15) is 31.6 Å². The molecule has 0 unspecified atom stereocenters. The van der Waals surface area contributed by atoms with E-state index < -0.39 is 0 Å². The van der Waals surface area contributed by atoms with Crippen molar-refractivity contribution in [3.05, 3.63) is 66.5 Å². The average Bonchev–Trinajstić information content (AvgIpc) is 3.12. The van der Waals surface area contributed by atoms with Crippen LogP contribution in [0.3, 0.4) is 0 Å². The number of anilines is 1. The number of fused-ring (bicyclic) bond motifs is 2. The van der Waals surface area contributed by atoms with Gasteiger partial charge in [0.2, 0.25) is 0 Å². The Labute approximate surface area is 159 Å². The number of aromatic nitrogens is 3. The molecule has 4 aromatic rings. The zero-order chi connectivity index (χ0) is 18.2. The smallest absolute Gasteiger partial charge is 0.129 e. The second-order valence-electron chi connectivity index (χ2n) is 7.32. The highest BCUT2D eigenvalue weighted by Crippen LogP contribution is 2.31. The molecule has 1 saturated heterocycles. The second kappa shape index (κ2) is 6.69. The molecule has 4 heteroatoms. The lowest BCUT2D eigenvalue weighted by Crippen LogP contribution is -2.35. The Bertz CT molecular complexity index is 1090. The van der Waals surface area contributed by atoms with Crippen molar-refractivity contribution in [2.45, 2.75) is 32.2 Å². The van der Waals surface area contributed by atoms with Crippen molar-refractivity contribution in [2.75, 3.05) is 18.0 Å². The molecule has 4 nitrogen and oxygen atoms in total. The van der Waals surface area contributed by atoms with Crippen LogP contribution in [0.15, 0.2) is 60.7 Å². The van der Waals surface area contributed by atoms with Crippen molar-refractivity contribution in [2.24, 2.45) is 0 Å². The number of rotatable bonds is 3. The first-order valence-electron chi connectivity index (χ1n) is 9.90. The van der Waals surface area contributed by atoms with E-state index in [9.17, 15) is 0 Å². The molecule has 27 heavy (non-hydrogen) atoms. The highest BCUT2D eigenvalue weighted by molar-refractivity contribution is 5.80. The molecule has 0 saturated carbocycles. The molecule has 1 aliphatic rings. The lowest BCUT2D eigenvalue weighted by molar-refractivity contribution is 0.394. The molecule has 136 valence electrons. The van der Waals surface area contributed by atoms with E-state index >= 15 is 0 Å². The minimum atomic E-state index is 0.518. The van der Waals surface area contributed by atoms with Gasteiger partial charge in [-0.25, -0.2) is 9.97 Å². The maximum absolute atomic E-state index is 4.88. The van der Waals surface area contributed by atoms with Gasteiger partial charge in [-0.15, -0.1) is 0 Å². The standard InChI is InChI=1S/C23H24N4/c1-2-22-25-20-9-5-6-10-21(20)27(22)18-13-15-26(16-14-18)23-12-11-17-7-3-4-8-19(17)24-23/h3-12,18H,2,13-16H2,1H3. The summed E-state index contributed by atoms with van der Waals surface area (Å²) in [5.41, 5.74) is 3.47. The van der Waals surface area contributed by atoms with E-state index in [2.05, 4.69) is 77.1 Å². The fourth-order valence-electron chi connectivity index (χ4n) is 4.34. The number of hydrogen-bond donors (Lipinski definition) is 0. The van der Waals surface area contributed by atoms with Crippen molar-refractivity contribution < 1.29 is 0 Å². The van der Waals surface area contributed by atoms with E-state index in [0.29, 0.717) is 6.04 Å². The van der Waals surface area contributed by atoms with Crippen molar-refractivity contribution in [3.63, 3.8) is 0 Å². The minimum absolute atomic E-state index is 0.518. The molecular formula is C23H24N4. The summed E-state index contributed by atoms with van der Waals surface area (Å²) < 4.78 is 2.49. The normalized spacial score (nSPS) is 15.7. The number of para-hydroxylation sites is 3. The van der Waals surface area contributed by atoms with Crippen LogP contribution in [0.25, 0.3) is 21.9 Å². The Morgan fingerprint density at radius 3 is 2.41 bits per heavy atom. The number of nitrogens with zero attached hydrogens (tertiary/aromatic N) is 4. The molecule has 2 aromatic carbocycles. The van der Waals surface area contributed by atoms with E-state index in [1.165, 1.54) is 16.7 Å². The molecule has 0 spiro atoms. The Hall–Kier alpha value is -2.88. The third-order valence-corrected chi connectivity index (χ3v) is 5.72. The fraction of sp³-hybridized carbons (Fsp3) is 0.304. The number of hydrogen-bond acceptors (Lipinski definition) is 3. The first-order chi connectivity index (χ1) is 13.3. The van der Waals surface area contributed by atoms with Crippen LogP contribution in [0.2, 0.25) is 0 Å². The highest BCUT2D eigenvalue weighted by Gasteiger charge is 2.24. The van der Waals surface area contributed by atoms with Gasteiger partial charge in [0, 0.05) is 30.9 Å². The molecule has 0 N–H and O–H groups in total. The van der Waals surface area contributed by atoms with Gasteiger partial charge in [-0.3, -0.25) is 0 Å². The lowest BCUT2D eigenvalue weighted by atomic mass is 10.0. The Morgan fingerprint density at radius 2 is 1.59 bits per heavy atom. The molecule has 2 aromatic heterocycles. The third-order valence-electron chi connectivity index (χ3n) is 5.72. The number of piperidine rings is 1. The van der Waals surface area contributed by atoms with Crippen LogP contribution in [0, 0.1) is 0 Å². The number of aryl methyl sites for hydroxylation is 1. The van der Waals surface area contributed by atoms with Gasteiger partial charge in [-0.05, 0) is 43.2 Å². The zero-order valence-corrected chi connectivity index (χ0v) is 15.7. The summed E-state index contributed by atoms with van der Waals surface area (Å²) in [4.78, 5) is 12.2. The van der Waals surface area contributed by atoms with Crippen molar-refractivity contribution >= 4 is 27.8 Å². The quantitative estimate of drug-likeness (QED) is 0.519. The molecule has 0 radical (unpaired) electrons. The van der Waals surface area contributed by atoms with E-state index in [1.54, 1.807) is 0 Å². The van der Waals surface area contributed by atoms with E-state index in [-0.39, 0.29) is 0 Å². The molecular weight excluding hydrogens is 332 g/mol. The second-order valence-corrected chi connectivity index (χ2v) is 7.32. The largest absolute Gasteiger partial charge is 0.356 e. The number of benzene rings is 2. The van der Waals surface area contributed by atoms with Crippen LogP contribution < -0.4 is 4.90 Å². The summed E-state index contributed by atoms with van der Waals surface area (Å²) in [5.74, 6) is 2.30. The van der Waals surface area contributed by atoms with Gasteiger partial charge in [0.1, 0.15) is 11.6 Å². The molecule has 1 fully saturated rings. The first kappa shape index (κ1) is 16.3. The summed E-state index contributed by atoms with van der Waals surface area (Å²) >= 11 is 0. The van der Waals surface area contributed by atoms with E-state index in [0.717, 1.165) is 49.2 Å². The van der Waals surface area contributed by atoms with Crippen LogP contribution in [0.5, 0.6) is 0 Å². The first-order valence-corrected chi connectivity index (χ1v) is 9.90. The number of pyridine rings is 1. The van der Waals surface area contributed by atoms with Gasteiger partial charge in [-0.1, -0.05) is 37.3 Å².